The number of anilines is 1. The number of ether oxygens (including phenoxy) is 2. The van der Waals surface area contributed by atoms with Crippen LogP contribution in [0.25, 0.3) is 10.4 Å². The number of hydrogen-bond acceptors (Lipinski definition) is 11. The first-order valence-corrected chi connectivity index (χ1v) is 12.8. The average Bonchev–Trinajstić information content (AvgIpc) is 3.09. The van der Waals surface area contributed by atoms with E-state index < -0.39 is 62.4 Å². The summed E-state index contributed by atoms with van der Waals surface area (Å²) in [5, 5.41) is 16.4. The van der Waals surface area contributed by atoms with Crippen LogP contribution in [0.2, 0.25) is 0 Å². The summed E-state index contributed by atoms with van der Waals surface area (Å²) in [5.41, 5.74) is 11.1. The van der Waals surface area contributed by atoms with Crippen LogP contribution in [0.4, 0.5) is 10.2 Å². The van der Waals surface area contributed by atoms with Crippen LogP contribution in [0, 0.1) is 0 Å². The number of aromatic nitrogens is 2. The molecule has 0 spiro atoms. The minimum Gasteiger partial charge on any atom is -0.462 e. The van der Waals surface area contributed by atoms with E-state index in [-0.39, 0.29) is 11.6 Å². The maximum Gasteiger partial charge on any atom is 0.459 e. The highest BCUT2D eigenvalue weighted by Gasteiger charge is 2.57. The number of nitrogen functional groups attached to an aromatic ring is 1. The predicted octanol–water partition coefficient (Wildman–Crippen LogP) is 2.19. The number of nitrogens with zero attached hydrogens (tertiary/aromatic N) is 5. The lowest BCUT2D eigenvalue weighted by molar-refractivity contribution is -0.149. The molecule has 3 rings (SSSR count). The van der Waals surface area contributed by atoms with Crippen molar-refractivity contribution in [1.29, 1.82) is 0 Å². The highest BCUT2D eigenvalue weighted by Crippen LogP contribution is 2.48. The molecule has 2 heterocycles. The molecule has 1 aromatic heterocycles. The average molecular weight is 555 g/mol. The van der Waals surface area contributed by atoms with Gasteiger partial charge in [0.25, 0.3) is 0 Å². The van der Waals surface area contributed by atoms with Gasteiger partial charge in [0, 0.05) is 11.1 Å². The molecule has 17 heteroatoms. The lowest BCUT2D eigenvalue weighted by Crippen LogP contribution is -2.45. The highest BCUT2D eigenvalue weighted by atomic mass is 31.2. The summed E-state index contributed by atoms with van der Waals surface area (Å²) >= 11 is 0. The molecule has 0 saturated carbocycles. The van der Waals surface area contributed by atoms with E-state index >= 15 is 4.39 Å². The topological polar surface area (TPSA) is 213 Å². The van der Waals surface area contributed by atoms with Gasteiger partial charge in [-0.15, -0.1) is 0 Å². The van der Waals surface area contributed by atoms with Crippen molar-refractivity contribution >= 4 is 19.5 Å². The minimum atomic E-state index is -4.51. The first-order chi connectivity index (χ1) is 17.9. The van der Waals surface area contributed by atoms with Crippen molar-refractivity contribution in [2.75, 3.05) is 12.3 Å². The van der Waals surface area contributed by atoms with Gasteiger partial charge in [-0.05, 0) is 44.5 Å². The second-order valence-corrected chi connectivity index (χ2v) is 10.2. The van der Waals surface area contributed by atoms with E-state index in [1.807, 2.05) is 0 Å². The quantitative estimate of drug-likeness (QED) is 0.120. The third kappa shape index (κ3) is 6.67. The van der Waals surface area contributed by atoms with Crippen molar-refractivity contribution in [3.8, 4) is 5.75 Å². The number of carbonyl (C=O) groups excluding carboxylic acids is 1. The normalized spacial score (nSPS) is 25.3. The SMILES string of the molecule is CC(C)OC(=O)C(C)NP(=O)(OC[C@@]1(N=[N+]=[N-])O[C@@H](n2ccc(N)nc2=O)[C@H](F)[C@@H]1O)Oc1ccccc1. The maximum absolute atomic E-state index is 15.2. The van der Waals surface area contributed by atoms with Gasteiger partial charge in [-0.25, -0.2) is 13.8 Å². The van der Waals surface area contributed by atoms with Gasteiger partial charge in [-0.1, -0.05) is 23.3 Å². The fourth-order valence-electron chi connectivity index (χ4n) is 3.40. The molecule has 6 atom stereocenters. The Kier molecular flexibility index (Phi) is 9.09. The Morgan fingerprint density at radius 2 is 2.08 bits per heavy atom. The summed E-state index contributed by atoms with van der Waals surface area (Å²) in [7, 11) is -4.51. The number of hydrogen-bond donors (Lipinski definition) is 3. The molecule has 0 radical (unpaired) electrons. The Morgan fingerprint density at radius 3 is 2.68 bits per heavy atom. The first-order valence-electron chi connectivity index (χ1n) is 11.3. The van der Waals surface area contributed by atoms with Crippen LogP contribution >= 0.6 is 7.75 Å². The lowest BCUT2D eigenvalue weighted by atomic mass is 10.1. The Balaban J connectivity index is 1.90. The third-order valence-electron chi connectivity index (χ3n) is 5.17. The van der Waals surface area contributed by atoms with Gasteiger partial charge in [0.1, 0.15) is 23.7 Å². The Morgan fingerprint density at radius 1 is 1.39 bits per heavy atom. The molecular formula is C21H27FN7O8P. The van der Waals surface area contributed by atoms with E-state index in [0.717, 1.165) is 6.20 Å². The molecular weight excluding hydrogens is 528 g/mol. The number of benzene rings is 1. The molecule has 1 fully saturated rings. The van der Waals surface area contributed by atoms with E-state index in [4.69, 9.17) is 29.8 Å². The summed E-state index contributed by atoms with van der Waals surface area (Å²) in [6, 6.07) is 7.72. The van der Waals surface area contributed by atoms with Gasteiger partial charge >= 0.3 is 19.4 Å². The van der Waals surface area contributed by atoms with Crippen molar-refractivity contribution in [3.05, 3.63) is 63.5 Å². The number of rotatable bonds is 11. The monoisotopic (exact) mass is 555 g/mol. The van der Waals surface area contributed by atoms with Gasteiger partial charge in [0.05, 0.1) is 12.7 Å². The van der Waals surface area contributed by atoms with Crippen LogP contribution in [-0.4, -0.2) is 57.4 Å². The zero-order valence-electron chi connectivity index (χ0n) is 20.6. The number of halogens is 1. The summed E-state index contributed by atoms with van der Waals surface area (Å²) < 4.78 is 51.1. The number of aliphatic hydroxyl groups excluding tert-OH is 1. The van der Waals surface area contributed by atoms with E-state index in [0.29, 0.717) is 4.57 Å². The number of aliphatic hydroxyl groups is 1. The number of para-hydroxylation sites is 1. The molecule has 2 unspecified atom stereocenters. The van der Waals surface area contributed by atoms with E-state index in [1.54, 1.807) is 32.0 Å². The Labute approximate surface area is 215 Å². The van der Waals surface area contributed by atoms with Crippen molar-refractivity contribution < 1.29 is 37.4 Å². The summed E-state index contributed by atoms with van der Waals surface area (Å²) in [6.45, 7) is 3.56. The number of nitrogens with two attached hydrogens (primary N) is 1. The molecule has 0 aliphatic carbocycles. The van der Waals surface area contributed by atoms with Crippen LogP contribution in [0.15, 0.2) is 52.5 Å². The molecule has 0 bridgehead atoms. The molecule has 206 valence electrons. The maximum atomic E-state index is 15.2. The van der Waals surface area contributed by atoms with Crippen molar-refractivity contribution in [3.63, 3.8) is 0 Å². The second kappa shape index (κ2) is 11.9. The number of esters is 1. The van der Waals surface area contributed by atoms with Crippen molar-refractivity contribution in [2.45, 2.75) is 57.1 Å². The molecule has 4 N–H and O–H groups in total. The lowest BCUT2D eigenvalue weighted by Gasteiger charge is -2.29. The molecule has 2 aromatic rings. The molecule has 1 saturated heterocycles. The predicted molar refractivity (Wildman–Crippen MR) is 130 cm³/mol. The number of nitrogens with one attached hydrogen (secondary N) is 1. The van der Waals surface area contributed by atoms with Crippen molar-refractivity contribution in [2.24, 2.45) is 5.11 Å². The molecule has 15 nitrogen and oxygen atoms in total. The summed E-state index contributed by atoms with van der Waals surface area (Å²) in [5.74, 6) is -0.847. The molecule has 1 aliphatic rings. The molecule has 1 aromatic carbocycles. The van der Waals surface area contributed by atoms with Gasteiger partial charge in [0.2, 0.25) is 5.72 Å². The fraction of sp³-hybridized carbons (Fsp3) is 0.476. The van der Waals surface area contributed by atoms with Crippen LogP contribution in [0.1, 0.15) is 27.0 Å². The van der Waals surface area contributed by atoms with E-state index in [1.165, 1.54) is 25.1 Å². The fourth-order valence-corrected chi connectivity index (χ4v) is 4.91. The summed E-state index contributed by atoms with van der Waals surface area (Å²) in [4.78, 5) is 30.6. The van der Waals surface area contributed by atoms with Gasteiger partial charge < -0.3 is 24.8 Å². The van der Waals surface area contributed by atoms with Crippen LogP contribution in [0.3, 0.4) is 0 Å². The second-order valence-electron chi connectivity index (χ2n) is 8.49. The zero-order chi connectivity index (χ0) is 28.1. The van der Waals surface area contributed by atoms with Crippen LogP contribution < -0.4 is 21.0 Å². The Bertz CT molecular complexity index is 1290. The van der Waals surface area contributed by atoms with Gasteiger partial charge in [-0.2, -0.15) is 10.1 Å². The minimum absolute atomic E-state index is 0.0687. The van der Waals surface area contributed by atoms with Crippen molar-refractivity contribution in [1.82, 2.24) is 14.6 Å². The van der Waals surface area contributed by atoms with Crippen LogP contribution in [-0.2, 0) is 23.4 Å². The Hall–Kier alpha value is -3.52. The molecule has 1 aliphatic heterocycles. The smallest absolute Gasteiger partial charge is 0.459 e. The first kappa shape index (κ1) is 29.0. The standard InChI is InChI=1S/C21H27FN7O8P/c1-12(2)35-19(31)13(3)26-38(33,37-14-7-5-4-6-8-14)34-11-21(27-28-24)17(30)16(22)18(36-21)29-10-9-15(23)25-20(29)32/h4-10,12-13,16-18,30H,11H2,1-3H3,(H,26,33)(H2,23,25,32)/t13?,16-,17+,18-,21-,38?/m1/s1. The largest absolute Gasteiger partial charge is 0.462 e. The highest BCUT2D eigenvalue weighted by molar-refractivity contribution is 7.52. The van der Waals surface area contributed by atoms with Gasteiger partial charge in [0.15, 0.2) is 12.4 Å². The van der Waals surface area contributed by atoms with Crippen LogP contribution in [0.5, 0.6) is 5.75 Å². The van der Waals surface area contributed by atoms with E-state index in [2.05, 4.69) is 20.1 Å². The number of azide groups is 1. The van der Waals surface area contributed by atoms with Gasteiger partial charge in [-0.3, -0.25) is 13.9 Å². The number of alkyl halides is 1. The number of carbonyl (C=O) groups is 1. The van der Waals surface area contributed by atoms with E-state index in [9.17, 15) is 19.3 Å². The summed E-state index contributed by atoms with van der Waals surface area (Å²) in [6.07, 6.45) is -5.69. The zero-order valence-corrected chi connectivity index (χ0v) is 21.5. The molecule has 0 amide bonds. The molecule has 38 heavy (non-hydrogen) atoms. The third-order valence-corrected chi connectivity index (χ3v) is 6.79.